The maximum Gasteiger partial charge on any atom is 0.308 e. The van der Waals surface area contributed by atoms with Crippen molar-refractivity contribution >= 4 is 17.7 Å². The van der Waals surface area contributed by atoms with Crippen LogP contribution < -0.4 is 0 Å². The molecule has 162 valence electrons. The lowest BCUT2D eigenvalue weighted by molar-refractivity contribution is -0.241. The number of Topliss-reactive ketones (excluding diaryl/α,β-unsaturated/α-hetero) is 1. The molecule has 0 saturated heterocycles. The van der Waals surface area contributed by atoms with Crippen molar-refractivity contribution < 1.29 is 29.0 Å². The average molecular weight is 414 g/mol. The zero-order valence-corrected chi connectivity index (χ0v) is 17.7. The molecule has 1 aromatic rings. The predicted octanol–water partition coefficient (Wildman–Crippen LogP) is 3.89. The van der Waals surface area contributed by atoms with Crippen LogP contribution in [-0.2, 0) is 24.7 Å². The third-order valence-corrected chi connectivity index (χ3v) is 7.59. The van der Waals surface area contributed by atoms with Crippen LogP contribution in [0.3, 0.4) is 0 Å². The Labute approximate surface area is 176 Å². The summed E-state index contributed by atoms with van der Waals surface area (Å²) in [5.41, 5.74) is -0.330. The molecule has 3 aliphatic carbocycles. The second-order valence-electron chi connectivity index (χ2n) is 8.95. The van der Waals surface area contributed by atoms with Gasteiger partial charge in [0.05, 0.1) is 5.60 Å². The van der Waals surface area contributed by atoms with Gasteiger partial charge in [-0.15, -0.1) is 0 Å². The molecule has 1 aromatic carbocycles. The van der Waals surface area contributed by atoms with Gasteiger partial charge in [-0.25, -0.2) is 0 Å². The smallest absolute Gasteiger partial charge is 0.308 e. The maximum absolute atomic E-state index is 12.9. The number of hydrogen-bond donors (Lipinski definition) is 1. The van der Waals surface area contributed by atoms with Crippen molar-refractivity contribution in [3.63, 3.8) is 0 Å². The SMILES string of the molecule is CCC(=O)OC(OC(=O)CC)[C@@]12CCC[C@H]1[C@@H]1CC(=O)c3ccccc3[C@@]1(O)CC2. The Bertz CT molecular complexity index is 845. The highest BCUT2D eigenvalue weighted by Gasteiger charge is 2.64. The van der Waals surface area contributed by atoms with Crippen molar-refractivity contribution in [3.8, 4) is 0 Å². The first-order chi connectivity index (χ1) is 14.4. The molecule has 1 N–H and O–H groups in total. The van der Waals surface area contributed by atoms with Crippen LogP contribution in [0.25, 0.3) is 0 Å². The summed E-state index contributed by atoms with van der Waals surface area (Å²) in [6.45, 7) is 3.42. The van der Waals surface area contributed by atoms with Crippen LogP contribution in [0, 0.1) is 17.3 Å². The average Bonchev–Trinajstić information content (AvgIpc) is 3.20. The predicted molar refractivity (Wildman–Crippen MR) is 108 cm³/mol. The van der Waals surface area contributed by atoms with Crippen LogP contribution >= 0.6 is 0 Å². The molecule has 0 heterocycles. The molecule has 4 atom stereocenters. The van der Waals surface area contributed by atoms with E-state index >= 15 is 0 Å². The lowest BCUT2D eigenvalue weighted by atomic mass is 9.52. The van der Waals surface area contributed by atoms with E-state index in [4.69, 9.17) is 9.47 Å². The van der Waals surface area contributed by atoms with Crippen LogP contribution in [0.4, 0.5) is 0 Å². The van der Waals surface area contributed by atoms with Crippen molar-refractivity contribution in [3.05, 3.63) is 35.4 Å². The third kappa shape index (κ3) is 3.16. The van der Waals surface area contributed by atoms with E-state index < -0.39 is 29.2 Å². The van der Waals surface area contributed by atoms with E-state index in [0.29, 0.717) is 24.0 Å². The number of aliphatic hydroxyl groups is 1. The van der Waals surface area contributed by atoms with Gasteiger partial charge in [-0.1, -0.05) is 44.5 Å². The van der Waals surface area contributed by atoms with E-state index in [1.165, 1.54) is 0 Å². The molecule has 30 heavy (non-hydrogen) atoms. The number of esters is 2. The quantitative estimate of drug-likeness (QED) is 0.581. The summed E-state index contributed by atoms with van der Waals surface area (Å²) in [4.78, 5) is 37.2. The van der Waals surface area contributed by atoms with Gasteiger partial charge in [0, 0.05) is 36.2 Å². The highest BCUT2D eigenvalue weighted by molar-refractivity contribution is 5.99. The van der Waals surface area contributed by atoms with Crippen LogP contribution in [0.15, 0.2) is 24.3 Å². The lowest BCUT2D eigenvalue weighted by Gasteiger charge is -2.55. The van der Waals surface area contributed by atoms with Crippen molar-refractivity contribution in [2.75, 3.05) is 0 Å². The molecule has 0 aromatic heterocycles. The maximum atomic E-state index is 12.9. The van der Waals surface area contributed by atoms with Gasteiger partial charge in [-0.3, -0.25) is 14.4 Å². The number of rotatable bonds is 5. The van der Waals surface area contributed by atoms with Crippen LogP contribution in [0.5, 0.6) is 0 Å². The fourth-order valence-electron chi connectivity index (χ4n) is 6.11. The molecular formula is C24H30O6. The summed E-state index contributed by atoms with van der Waals surface area (Å²) >= 11 is 0. The third-order valence-electron chi connectivity index (χ3n) is 7.59. The molecule has 4 rings (SSSR count). The first kappa shape index (κ1) is 21.0. The van der Waals surface area contributed by atoms with E-state index in [1.807, 2.05) is 18.2 Å². The monoisotopic (exact) mass is 414 g/mol. The molecule has 0 radical (unpaired) electrons. The van der Waals surface area contributed by atoms with Gasteiger partial charge in [0.1, 0.15) is 0 Å². The number of fused-ring (bicyclic) bond motifs is 5. The normalized spacial score (nSPS) is 32.2. The van der Waals surface area contributed by atoms with E-state index in [0.717, 1.165) is 19.3 Å². The Kier molecular flexibility index (Phi) is 5.47. The molecular weight excluding hydrogens is 384 g/mol. The molecule has 6 heteroatoms. The van der Waals surface area contributed by atoms with Crippen LogP contribution in [-0.4, -0.2) is 29.1 Å². The number of carbonyl (C=O) groups excluding carboxylic acids is 3. The van der Waals surface area contributed by atoms with Gasteiger partial charge in [-0.05, 0) is 37.2 Å². The first-order valence-corrected chi connectivity index (χ1v) is 11.1. The fraction of sp³-hybridized carbons (Fsp3) is 0.625. The Morgan fingerprint density at radius 3 is 2.40 bits per heavy atom. The van der Waals surface area contributed by atoms with Gasteiger partial charge in [-0.2, -0.15) is 0 Å². The van der Waals surface area contributed by atoms with Gasteiger partial charge in [0.25, 0.3) is 6.29 Å². The van der Waals surface area contributed by atoms with E-state index in [2.05, 4.69) is 0 Å². The van der Waals surface area contributed by atoms with E-state index in [1.54, 1.807) is 19.9 Å². The van der Waals surface area contributed by atoms with Crippen molar-refractivity contribution in [1.82, 2.24) is 0 Å². The van der Waals surface area contributed by atoms with E-state index in [-0.39, 0.29) is 36.9 Å². The number of benzene rings is 1. The van der Waals surface area contributed by atoms with Crippen LogP contribution in [0.1, 0.15) is 81.1 Å². The van der Waals surface area contributed by atoms with Crippen molar-refractivity contribution in [2.45, 2.75) is 77.1 Å². The summed E-state index contributed by atoms with van der Waals surface area (Å²) in [6.07, 6.45) is 3.15. The Hall–Kier alpha value is -2.21. The highest BCUT2D eigenvalue weighted by Crippen LogP contribution is 2.64. The summed E-state index contributed by atoms with van der Waals surface area (Å²) in [6, 6.07) is 7.33. The molecule has 0 aliphatic heterocycles. The van der Waals surface area contributed by atoms with Crippen molar-refractivity contribution in [2.24, 2.45) is 17.3 Å². The second kappa shape index (κ2) is 7.80. The molecule has 6 nitrogen and oxygen atoms in total. The number of ether oxygens (including phenoxy) is 2. The number of ketones is 1. The Morgan fingerprint density at radius 1 is 1.07 bits per heavy atom. The minimum Gasteiger partial charge on any atom is -0.425 e. The topological polar surface area (TPSA) is 89.9 Å². The van der Waals surface area contributed by atoms with Gasteiger partial charge in [0.15, 0.2) is 5.78 Å². The number of hydrogen-bond acceptors (Lipinski definition) is 6. The van der Waals surface area contributed by atoms with Gasteiger partial charge < -0.3 is 14.6 Å². The first-order valence-electron chi connectivity index (χ1n) is 11.1. The van der Waals surface area contributed by atoms with Gasteiger partial charge in [0.2, 0.25) is 0 Å². The number of carbonyl (C=O) groups is 3. The largest absolute Gasteiger partial charge is 0.425 e. The molecule has 2 fully saturated rings. The Morgan fingerprint density at radius 2 is 1.73 bits per heavy atom. The molecule has 0 unspecified atom stereocenters. The fourth-order valence-corrected chi connectivity index (χ4v) is 6.11. The molecule has 2 saturated carbocycles. The molecule has 0 amide bonds. The summed E-state index contributed by atoms with van der Waals surface area (Å²) in [5.74, 6) is -1.12. The molecule has 3 aliphatic rings. The Balaban J connectivity index is 1.73. The van der Waals surface area contributed by atoms with Gasteiger partial charge >= 0.3 is 11.9 Å². The summed E-state index contributed by atoms with van der Waals surface area (Å²) in [5, 5.41) is 11.8. The van der Waals surface area contributed by atoms with E-state index in [9.17, 15) is 19.5 Å². The summed E-state index contributed by atoms with van der Waals surface area (Å²) < 4.78 is 11.4. The lowest BCUT2D eigenvalue weighted by Crippen LogP contribution is -2.57. The molecule has 0 bridgehead atoms. The zero-order valence-electron chi connectivity index (χ0n) is 17.7. The summed E-state index contributed by atoms with van der Waals surface area (Å²) in [7, 11) is 0. The van der Waals surface area contributed by atoms with Crippen molar-refractivity contribution in [1.29, 1.82) is 0 Å². The second-order valence-corrected chi connectivity index (χ2v) is 8.95. The zero-order chi connectivity index (χ0) is 21.5. The standard InChI is InChI=1S/C24H30O6/c1-3-20(26)29-22(30-21(27)4-2)23-11-7-10-17(23)18-14-19(25)15-8-5-6-9-16(15)24(18,28)13-12-23/h5-6,8-9,17-18,22,28H,3-4,7,10-14H2,1-2H3/t17-,18-,23+,24-/m0/s1. The minimum absolute atomic E-state index is 0.0376. The minimum atomic E-state index is -1.09. The molecule has 0 spiro atoms. The van der Waals surface area contributed by atoms with Crippen LogP contribution in [0.2, 0.25) is 0 Å². The highest BCUT2D eigenvalue weighted by atomic mass is 16.7.